The Bertz CT molecular complexity index is 462. The van der Waals surface area contributed by atoms with E-state index < -0.39 is 0 Å². The Morgan fingerprint density at radius 3 is 2.73 bits per heavy atom. The average molecular weight is 223 g/mol. The van der Waals surface area contributed by atoms with E-state index in [1.807, 2.05) is 13.0 Å². The van der Waals surface area contributed by atoms with Crippen LogP contribution in [0.2, 0.25) is 5.15 Å². The summed E-state index contributed by atoms with van der Waals surface area (Å²) >= 11 is 5.70. The van der Waals surface area contributed by atoms with Crippen LogP contribution in [-0.4, -0.2) is 9.97 Å². The summed E-state index contributed by atoms with van der Waals surface area (Å²) in [6.45, 7) is 3.97. The minimum Gasteiger partial charge on any atom is -0.441 e. The van der Waals surface area contributed by atoms with E-state index in [9.17, 15) is 0 Å². The molecule has 2 aromatic rings. The second-order valence-electron chi connectivity index (χ2n) is 3.25. The third-order valence-electron chi connectivity index (χ3n) is 2.20. The number of hydrogen-bond donors (Lipinski definition) is 0. The van der Waals surface area contributed by atoms with Gasteiger partial charge in [-0.2, -0.15) is 0 Å². The highest BCUT2D eigenvalue weighted by molar-refractivity contribution is 6.29. The molecule has 3 nitrogen and oxygen atoms in total. The maximum absolute atomic E-state index is 5.70. The molecule has 0 unspecified atom stereocenters. The summed E-state index contributed by atoms with van der Waals surface area (Å²) in [5, 5.41) is 0.470. The number of aromatic nitrogens is 2. The van der Waals surface area contributed by atoms with Crippen molar-refractivity contribution in [1.29, 1.82) is 0 Å². The van der Waals surface area contributed by atoms with Gasteiger partial charge in [0.1, 0.15) is 10.9 Å². The molecule has 0 atom stereocenters. The number of aryl methyl sites for hydroxylation is 2. The lowest BCUT2D eigenvalue weighted by Gasteiger charge is -1.93. The molecule has 0 bridgehead atoms. The van der Waals surface area contributed by atoms with E-state index in [0.29, 0.717) is 11.0 Å². The zero-order valence-electron chi connectivity index (χ0n) is 8.62. The van der Waals surface area contributed by atoms with Crippen LogP contribution in [0.15, 0.2) is 22.7 Å². The zero-order valence-corrected chi connectivity index (χ0v) is 9.38. The van der Waals surface area contributed by atoms with Gasteiger partial charge in [0, 0.05) is 6.20 Å². The number of nitrogens with zero attached hydrogens (tertiary/aromatic N) is 2. The largest absolute Gasteiger partial charge is 0.441 e. The number of pyridine rings is 1. The van der Waals surface area contributed by atoms with Gasteiger partial charge in [-0.15, -0.1) is 0 Å². The van der Waals surface area contributed by atoms with E-state index in [1.165, 1.54) is 0 Å². The van der Waals surface area contributed by atoms with Crippen LogP contribution in [0, 0.1) is 6.92 Å². The molecule has 0 N–H and O–H groups in total. The van der Waals surface area contributed by atoms with Crippen molar-refractivity contribution < 1.29 is 4.42 Å². The molecule has 0 aromatic carbocycles. The molecule has 15 heavy (non-hydrogen) atoms. The monoisotopic (exact) mass is 222 g/mol. The van der Waals surface area contributed by atoms with Crippen LogP contribution in [-0.2, 0) is 6.42 Å². The number of hydrogen-bond acceptors (Lipinski definition) is 3. The zero-order chi connectivity index (χ0) is 10.8. The van der Waals surface area contributed by atoms with E-state index in [1.54, 1.807) is 12.3 Å². The standard InChI is InChI=1S/C11H11ClN2O/c1-3-9-7(2)15-11(14-9)8-4-5-10(12)13-6-8/h4-6H,3H2,1-2H3. The van der Waals surface area contributed by atoms with E-state index in [4.69, 9.17) is 16.0 Å². The molecular weight excluding hydrogens is 212 g/mol. The molecule has 2 rings (SSSR count). The third-order valence-corrected chi connectivity index (χ3v) is 2.43. The van der Waals surface area contributed by atoms with Gasteiger partial charge < -0.3 is 4.42 Å². The lowest BCUT2D eigenvalue weighted by molar-refractivity contribution is 0.539. The maximum atomic E-state index is 5.70. The second kappa shape index (κ2) is 4.03. The Hall–Kier alpha value is -1.35. The summed E-state index contributed by atoms with van der Waals surface area (Å²) in [6, 6.07) is 3.57. The van der Waals surface area contributed by atoms with E-state index in [-0.39, 0.29) is 0 Å². The minimum atomic E-state index is 0.470. The van der Waals surface area contributed by atoms with Gasteiger partial charge in [0.2, 0.25) is 5.89 Å². The smallest absolute Gasteiger partial charge is 0.228 e. The summed E-state index contributed by atoms with van der Waals surface area (Å²) in [7, 11) is 0. The van der Waals surface area contributed by atoms with Gasteiger partial charge in [0.15, 0.2) is 0 Å². The molecule has 0 radical (unpaired) electrons. The van der Waals surface area contributed by atoms with Crippen molar-refractivity contribution in [1.82, 2.24) is 9.97 Å². The summed E-state index contributed by atoms with van der Waals surface area (Å²) < 4.78 is 5.54. The summed E-state index contributed by atoms with van der Waals surface area (Å²) in [5.41, 5.74) is 1.84. The number of halogens is 1. The first-order valence-electron chi connectivity index (χ1n) is 4.79. The van der Waals surface area contributed by atoms with Crippen molar-refractivity contribution in [3.63, 3.8) is 0 Å². The third kappa shape index (κ3) is 2.02. The molecule has 0 spiro atoms. The molecule has 0 saturated carbocycles. The SMILES string of the molecule is CCc1nc(-c2ccc(Cl)nc2)oc1C. The first kappa shape index (κ1) is 10.2. The first-order chi connectivity index (χ1) is 7.20. The second-order valence-corrected chi connectivity index (χ2v) is 3.63. The van der Waals surface area contributed by atoms with E-state index in [0.717, 1.165) is 23.4 Å². The molecule has 2 aromatic heterocycles. The van der Waals surface area contributed by atoms with Gasteiger partial charge in [-0.25, -0.2) is 9.97 Å². The Balaban J connectivity index is 2.41. The molecule has 78 valence electrons. The van der Waals surface area contributed by atoms with Crippen molar-refractivity contribution in [2.75, 3.05) is 0 Å². The van der Waals surface area contributed by atoms with Crippen LogP contribution in [0.25, 0.3) is 11.5 Å². The van der Waals surface area contributed by atoms with Crippen molar-refractivity contribution in [2.45, 2.75) is 20.3 Å². The highest BCUT2D eigenvalue weighted by Gasteiger charge is 2.09. The molecule has 4 heteroatoms. The van der Waals surface area contributed by atoms with E-state index in [2.05, 4.69) is 16.9 Å². The van der Waals surface area contributed by atoms with Gasteiger partial charge in [0.05, 0.1) is 11.3 Å². The lowest BCUT2D eigenvalue weighted by atomic mass is 10.3. The molecule has 0 aliphatic rings. The quantitative estimate of drug-likeness (QED) is 0.733. The molecule has 0 aliphatic carbocycles. The lowest BCUT2D eigenvalue weighted by Crippen LogP contribution is -1.83. The van der Waals surface area contributed by atoms with Crippen LogP contribution in [0.1, 0.15) is 18.4 Å². The highest BCUT2D eigenvalue weighted by Crippen LogP contribution is 2.21. The van der Waals surface area contributed by atoms with Gasteiger partial charge in [-0.3, -0.25) is 0 Å². The van der Waals surface area contributed by atoms with Gasteiger partial charge in [0.25, 0.3) is 0 Å². The molecule has 0 amide bonds. The predicted molar refractivity (Wildman–Crippen MR) is 58.9 cm³/mol. The highest BCUT2D eigenvalue weighted by atomic mass is 35.5. The maximum Gasteiger partial charge on any atom is 0.228 e. The summed E-state index contributed by atoms with van der Waals surface area (Å²) in [5.74, 6) is 1.47. The fourth-order valence-corrected chi connectivity index (χ4v) is 1.49. The van der Waals surface area contributed by atoms with Gasteiger partial charge in [-0.1, -0.05) is 18.5 Å². The van der Waals surface area contributed by atoms with Gasteiger partial charge >= 0.3 is 0 Å². The fraction of sp³-hybridized carbons (Fsp3) is 0.273. The topological polar surface area (TPSA) is 38.9 Å². The van der Waals surface area contributed by atoms with Crippen molar-refractivity contribution in [3.8, 4) is 11.5 Å². The number of rotatable bonds is 2. The van der Waals surface area contributed by atoms with Crippen molar-refractivity contribution in [3.05, 3.63) is 34.9 Å². The van der Waals surface area contributed by atoms with E-state index >= 15 is 0 Å². The molecule has 0 saturated heterocycles. The van der Waals surface area contributed by atoms with Gasteiger partial charge in [-0.05, 0) is 25.5 Å². The Kier molecular flexibility index (Phi) is 2.73. The average Bonchev–Trinajstić information content (AvgIpc) is 2.61. The number of oxazole rings is 1. The van der Waals surface area contributed by atoms with Crippen molar-refractivity contribution in [2.24, 2.45) is 0 Å². The Labute approximate surface area is 93.1 Å². The predicted octanol–water partition coefficient (Wildman–Crippen LogP) is 3.26. The first-order valence-corrected chi connectivity index (χ1v) is 5.16. The Morgan fingerprint density at radius 2 is 2.20 bits per heavy atom. The minimum absolute atomic E-state index is 0.470. The van der Waals surface area contributed by atoms with Crippen LogP contribution in [0.4, 0.5) is 0 Å². The van der Waals surface area contributed by atoms with Crippen LogP contribution < -0.4 is 0 Å². The Morgan fingerprint density at radius 1 is 1.40 bits per heavy atom. The normalized spacial score (nSPS) is 10.6. The fourth-order valence-electron chi connectivity index (χ4n) is 1.38. The molecular formula is C11H11ClN2O. The molecule has 0 aliphatic heterocycles. The summed E-state index contributed by atoms with van der Waals surface area (Å²) in [4.78, 5) is 8.36. The van der Waals surface area contributed by atoms with Crippen LogP contribution >= 0.6 is 11.6 Å². The molecule has 0 fully saturated rings. The van der Waals surface area contributed by atoms with Crippen LogP contribution in [0.3, 0.4) is 0 Å². The van der Waals surface area contributed by atoms with Crippen molar-refractivity contribution >= 4 is 11.6 Å². The molecule has 2 heterocycles. The summed E-state index contributed by atoms with van der Waals surface area (Å²) in [6.07, 6.45) is 2.53. The van der Waals surface area contributed by atoms with Crippen LogP contribution in [0.5, 0.6) is 0 Å².